The van der Waals surface area contributed by atoms with E-state index in [4.69, 9.17) is 16.3 Å². The van der Waals surface area contributed by atoms with Gasteiger partial charge in [0.25, 0.3) is 5.91 Å². The predicted octanol–water partition coefficient (Wildman–Crippen LogP) is 5.52. The Bertz CT molecular complexity index is 903. The summed E-state index contributed by atoms with van der Waals surface area (Å²) in [5.74, 6) is -0.151. The summed E-state index contributed by atoms with van der Waals surface area (Å²) in [5.41, 5.74) is 3.00. The van der Waals surface area contributed by atoms with Gasteiger partial charge < -0.3 is 10.1 Å². The minimum absolute atomic E-state index is 0.151. The largest absolute Gasteiger partial charge is 0.443 e. The van der Waals surface area contributed by atoms with Crippen LogP contribution in [0.1, 0.15) is 61.6 Å². The van der Waals surface area contributed by atoms with Crippen molar-refractivity contribution in [3.8, 4) is 0 Å². The zero-order valence-electron chi connectivity index (χ0n) is 17.3. The minimum atomic E-state index is -0.533. The average molecular weight is 415 g/mol. The highest BCUT2D eigenvalue weighted by atomic mass is 35.5. The lowest BCUT2D eigenvalue weighted by molar-refractivity contribution is 0.0577. The first-order chi connectivity index (χ1) is 13.6. The number of nitrogens with one attached hydrogen (secondary N) is 1. The number of aryl methyl sites for hydroxylation is 1. The number of rotatable bonds is 3. The van der Waals surface area contributed by atoms with E-state index in [1.54, 1.807) is 29.2 Å². The van der Waals surface area contributed by atoms with Gasteiger partial charge in [-0.25, -0.2) is 4.79 Å². The van der Waals surface area contributed by atoms with Crippen molar-refractivity contribution in [2.75, 3.05) is 11.4 Å². The van der Waals surface area contributed by atoms with Gasteiger partial charge in [0.05, 0.1) is 11.7 Å². The number of hydrogen-bond donors (Lipinski definition) is 1. The molecule has 0 saturated heterocycles. The molecule has 1 unspecified atom stereocenters. The van der Waals surface area contributed by atoms with E-state index >= 15 is 0 Å². The molecule has 1 heterocycles. The molecule has 0 bridgehead atoms. The second kappa shape index (κ2) is 8.46. The van der Waals surface area contributed by atoms with Crippen LogP contribution in [0.2, 0.25) is 5.02 Å². The van der Waals surface area contributed by atoms with Crippen LogP contribution in [-0.2, 0) is 11.2 Å². The molecule has 0 fully saturated rings. The maximum absolute atomic E-state index is 12.6. The summed E-state index contributed by atoms with van der Waals surface area (Å²) < 4.78 is 5.54. The zero-order valence-corrected chi connectivity index (χ0v) is 18.0. The van der Waals surface area contributed by atoms with Gasteiger partial charge in [-0.05, 0) is 82.0 Å². The molecule has 0 radical (unpaired) electrons. The number of benzene rings is 2. The molecule has 0 saturated carbocycles. The van der Waals surface area contributed by atoms with Crippen molar-refractivity contribution in [2.45, 2.75) is 52.2 Å². The summed E-state index contributed by atoms with van der Waals surface area (Å²) in [4.78, 5) is 26.7. The van der Waals surface area contributed by atoms with Crippen LogP contribution in [0, 0.1) is 0 Å². The minimum Gasteiger partial charge on any atom is -0.443 e. The van der Waals surface area contributed by atoms with Gasteiger partial charge in [-0.2, -0.15) is 0 Å². The van der Waals surface area contributed by atoms with E-state index in [1.807, 2.05) is 39.8 Å². The summed E-state index contributed by atoms with van der Waals surface area (Å²) in [6.07, 6.45) is 1.44. The van der Waals surface area contributed by atoms with Crippen LogP contribution in [0.3, 0.4) is 0 Å². The van der Waals surface area contributed by atoms with Gasteiger partial charge in [-0.1, -0.05) is 23.7 Å². The molecule has 1 aliphatic heterocycles. The zero-order chi connectivity index (χ0) is 21.2. The Hall–Kier alpha value is -2.53. The molecule has 154 valence electrons. The Kier molecular flexibility index (Phi) is 6.18. The van der Waals surface area contributed by atoms with Crippen LogP contribution in [-0.4, -0.2) is 24.1 Å². The Morgan fingerprint density at radius 2 is 1.83 bits per heavy atom. The number of halogens is 1. The lowest BCUT2D eigenvalue weighted by Crippen LogP contribution is -2.39. The van der Waals surface area contributed by atoms with E-state index in [0.717, 1.165) is 29.7 Å². The van der Waals surface area contributed by atoms with Gasteiger partial charge in [-0.3, -0.25) is 9.69 Å². The van der Waals surface area contributed by atoms with E-state index in [9.17, 15) is 9.59 Å². The number of nitrogens with zero attached hydrogens (tertiary/aromatic N) is 1. The van der Waals surface area contributed by atoms with E-state index in [2.05, 4.69) is 11.4 Å². The van der Waals surface area contributed by atoms with Gasteiger partial charge in [0.2, 0.25) is 0 Å². The fourth-order valence-electron chi connectivity index (χ4n) is 3.36. The SMILES string of the molecule is CC(NC(=O)c1ccc(Cl)cc1)c1ccc2c(c1)CCCN2C(=O)OC(C)(C)C. The van der Waals surface area contributed by atoms with Crippen LogP contribution >= 0.6 is 11.6 Å². The molecule has 1 atom stereocenters. The van der Waals surface area contributed by atoms with Crippen LogP contribution in [0.4, 0.5) is 10.5 Å². The molecule has 6 heteroatoms. The van der Waals surface area contributed by atoms with Crippen LogP contribution in [0.5, 0.6) is 0 Å². The smallest absolute Gasteiger partial charge is 0.414 e. The second-order valence-corrected chi connectivity index (χ2v) is 8.76. The lowest BCUT2D eigenvalue weighted by Gasteiger charge is -2.32. The summed E-state index contributed by atoms with van der Waals surface area (Å²) in [5, 5.41) is 3.61. The molecule has 2 aromatic carbocycles. The van der Waals surface area contributed by atoms with Crippen molar-refractivity contribution in [3.63, 3.8) is 0 Å². The van der Waals surface area contributed by atoms with E-state index in [1.165, 1.54) is 0 Å². The summed E-state index contributed by atoms with van der Waals surface area (Å²) in [6, 6.07) is 12.6. The van der Waals surface area contributed by atoms with Crippen molar-refractivity contribution < 1.29 is 14.3 Å². The first-order valence-electron chi connectivity index (χ1n) is 9.84. The Morgan fingerprint density at radius 1 is 1.14 bits per heavy atom. The molecule has 2 amide bonds. The van der Waals surface area contributed by atoms with Gasteiger partial charge >= 0.3 is 6.09 Å². The van der Waals surface area contributed by atoms with Crippen LogP contribution in [0.15, 0.2) is 42.5 Å². The molecule has 3 rings (SSSR count). The van der Waals surface area contributed by atoms with E-state index in [0.29, 0.717) is 17.1 Å². The van der Waals surface area contributed by atoms with Gasteiger partial charge in [-0.15, -0.1) is 0 Å². The number of fused-ring (bicyclic) bond motifs is 1. The number of carbonyl (C=O) groups is 2. The fourth-order valence-corrected chi connectivity index (χ4v) is 3.48. The monoisotopic (exact) mass is 414 g/mol. The normalized spacial score (nSPS) is 14.7. The third-order valence-electron chi connectivity index (χ3n) is 4.79. The van der Waals surface area contributed by atoms with Crippen molar-refractivity contribution in [3.05, 3.63) is 64.2 Å². The predicted molar refractivity (Wildman–Crippen MR) is 116 cm³/mol. The number of anilines is 1. The number of ether oxygens (including phenoxy) is 1. The Morgan fingerprint density at radius 3 is 2.48 bits per heavy atom. The third-order valence-corrected chi connectivity index (χ3v) is 5.04. The first kappa shape index (κ1) is 21.2. The summed E-state index contributed by atoms with van der Waals surface area (Å²) in [7, 11) is 0. The molecule has 29 heavy (non-hydrogen) atoms. The quantitative estimate of drug-likeness (QED) is 0.719. The molecular formula is C23H27ClN2O3. The number of carbonyl (C=O) groups excluding carboxylic acids is 2. The van der Waals surface area contributed by atoms with Crippen LogP contribution < -0.4 is 10.2 Å². The van der Waals surface area contributed by atoms with E-state index < -0.39 is 5.60 Å². The molecule has 0 spiro atoms. The lowest BCUT2D eigenvalue weighted by atomic mass is 9.97. The van der Waals surface area contributed by atoms with Gasteiger partial charge in [0.15, 0.2) is 0 Å². The topological polar surface area (TPSA) is 58.6 Å². The number of hydrogen-bond acceptors (Lipinski definition) is 3. The molecule has 2 aromatic rings. The Balaban J connectivity index is 1.74. The van der Waals surface area contributed by atoms with Gasteiger partial charge in [0.1, 0.15) is 5.60 Å². The summed E-state index contributed by atoms with van der Waals surface area (Å²) >= 11 is 5.89. The molecule has 0 aliphatic carbocycles. The molecule has 5 nitrogen and oxygen atoms in total. The van der Waals surface area contributed by atoms with Crippen molar-refractivity contribution in [1.29, 1.82) is 0 Å². The van der Waals surface area contributed by atoms with Crippen molar-refractivity contribution in [2.24, 2.45) is 0 Å². The molecule has 1 N–H and O–H groups in total. The molecular weight excluding hydrogens is 388 g/mol. The third kappa shape index (κ3) is 5.30. The van der Waals surface area contributed by atoms with Crippen molar-refractivity contribution in [1.82, 2.24) is 5.32 Å². The Labute approximate surface area is 177 Å². The highest BCUT2D eigenvalue weighted by Crippen LogP contribution is 2.31. The first-order valence-corrected chi connectivity index (χ1v) is 10.2. The van der Waals surface area contributed by atoms with Crippen molar-refractivity contribution >= 4 is 29.3 Å². The maximum Gasteiger partial charge on any atom is 0.414 e. The highest BCUT2D eigenvalue weighted by Gasteiger charge is 2.27. The second-order valence-electron chi connectivity index (χ2n) is 8.33. The van der Waals surface area contributed by atoms with E-state index in [-0.39, 0.29) is 18.0 Å². The molecule has 0 aromatic heterocycles. The highest BCUT2D eigenvalue weighted by molar-refractivity contribution is 6.30. The fraction of sp³-hybridized carbons (Fsp3) is 0.391. The molecule has 1 aliphatic rings. The van der Waals surface area contributed by atoms with Crippen LogP contribution in [0.25, 0.3) is 0 Å². The number of amides is 2. The standard InChI is InChI=1S/C23H27ClN2O3/c1-15(25-21(27)16-7-10-19(24)11-8-16)17-9-12-20-18(14-17)6-5-13-26(20)22(28)29-23(2,3)4/h7-12,14-15H,5-6,13H2,1-4H3,(H,25,27). The maximum atomic E-state index is 12.6. The summed E-state index contributed by atoms with van der Waals surface area (Å²) in [6.45, 7) is 8.19. The van der Waals surface area contributed by atoms with Gasteiger partial charge in [0, 0.05) is 17.1 Å². The average Bonchev–Trinajstić information content (AvgIpc) is 2.66.